The quantitative estimate of drug-likeness (QED) is 0.332. The number of rotatable bonds is 6. The maximum atomic E-state index is 12.1. The lowest BCUT2D eigenvalue weighted by molar-refractivity contribution is 0.0955. The molecule has 0 aliphatic rings. The Balaban J connectivity index is 1.65. The first-order chi connectivity index (χ1) is 14.3. The summed E-state index contributed by atoms with van der Waals surface area (Å²) in [6.45, 7) is 4.24. The van der Waals surface area contributed by atoms with Gasteiger partial charge in [-0.25, -0.2) is 5.43 Å². The third-order valence-electron chi connectivity index (χ3n) is 4.36. The standard InChI is InChI=1S/C23H19Cl3N2O2/c1-14-9-16(12-27-28-23(29)17-3-6-19(24)7-4-17)10-15(2)22(14)30-13-18-5-8-20(25)11-21(18)26/h3-12H,13H2,1-2H3,(H,28,29)/b27-12-. The van der Waals surface area contributed by atoms with Crippen LogP contribution >= 0.6 is 34.8 Å². The minimum absolute atomic E-state index is 0.309. The molecular weight excluding hydrogens is 443 g/mol. The van der Waals surface area contributed by atoms with Crippen LogP contribution in [0.25, 0.3) is 0 Å². The van der Waals surface area contributed by atoms with Crippen LogP contribution in [0.2, 0.25) is 15.1 Å². The fourth-order valence-corrected chi connectivity index (χ4v) is 3.49. The molecule has 3 aromatic rings. The molecule has 1 N–H and O–H groups in total. The number of nitrogens with zero attached hydrogens (tertiary/aromatic N) is 1. The van der Waals surface area contributed by atoms with E-state index in [1.165, 1.54) is 0 Å². The number of ether oxygens (including phenoxy) is 1. The lowest BCUT2D eigenvalue weighted by Gasteiger charge is -2.14. The van der Waals surface area contributed by atoms with Gasteiger partial charge in [-0.3, -0.25) is 4.79 Å². The Bertz CT molecular complexity index is 1070. The molecule has 0 fully saturated rings. The molecule has 0 unspecified atom stereocenters. The first-order valence-electron chi connectivity index (χ1n) is 9.10. The molecular formula is C23H19Cl3N2O2. The molecule has 0 aliphatic heterocycles. The van der Waals surface area contributed by atoms with Crippen molar-refractivity contribution >= 4 is 46.9 Å². The average Bonchev–Trinajstić information content (AvgIpc) is 2.69. The van der Waals surface area contributed by atoms with Gasteiger partial charge in [0.15, 0.2) is 0 Å². The summed E-state index contributed by atoms with van der Waals surface area (Å²) < 4.78 is 5.99. The molecule has 30 heavy (non-hydrogen) atoms. The molecule has 154 valence electrons. The number of amides is 1. The van der Waals surface area contributed by atoms with E-state index in [1.807, 2.05) is 32.0 Å². The van der Waals surface area contributed by atoms with Crippen molar-refractivity contribution < 1.29 is 9.53 Å². The van der Waals surface area contributed by atoms with E-state index in [9.17, 15) is 4.79 Å². The second-order valence-corrected chi connectivity index (χ2v) is 7.99. The fraction of sp³-hybridized carbons (Fsp3) is 0.130. The lowest BCUT2D eigenvalue weighted by Crippen LogP contribution is -2.17. The number of hydrogen-bond donors (Lipinski definition) is 1. The van der Waals surface area contributed by atoms with Crippen LogP contribution in [0.1, 0.15) is 32.6 Å². The summed E-state index contributed by atoms with van der Waals surface area (Å²) in [6, 6.07) is 15.8. The Kier molecular flexibility index (Phi) is 7.38. The molecule has 1 amide bonds. The normalized spacial score (nSPS) is 11.0. The number of benzene rings is 3. The van der Waals surface area contributed by atoms with E-state index in [0.29, 0.717) is 27.2 Å². The van der Waals surface area contributed by atoms with E-state index in [0.717, 1.165) is 28.0 Å². The molecule has 0 saturated carbocycles. The molecule has 0 spiro atoms. The van der Waals surface area contributed by atoms with Crippen LogP contribution in [0.5, 0.6) is 5.75 Å². The largest absolute Gasteiger partial charge is 0.488 e. The molecule has 4 nitrogen and oxygen atoms in total. The topological polar surface area (TPSA) is 50.7 Å². The molecule has 7 heteroatoms. The van der Waals surface area contributed by atoms with E-state index in [1.54, 1.807) is 42.6 Å². The van der Waals surface area contributed by atoms with Gasteiger partial charge < -0.3 is 4.74 Å². The van der Waals surface area contributed by atoms with Crippen molar-refractivity contribution in [3.63, 3.8) is 0 Å². The third-order valence-corrected chi connectivity index (χ3v) is 5.19. The maximum absolute atomic E-state index is 12.1. The Morgan fingerprint density at radius 3 is 2.23 bits per heavy atom. The summed E-state index contributed by atoms with van der Waals surface area (Å²) in [4.78, 5) is 12.1. The summed E-state index contributed by atoms with van der Waals surface area (Å²) in [6.07, 6.45) is 1.59. The van der Waals surface area contributed by atoms with E-state index in [2.05, 4.69) is 10.5 Å². The summed E-state index contributed by atoms with van der Waals surface area (Å²) in [7, 11) is 0. The molecule has 0 radical (unpaired) electrons. The van der Waals surface area contributed by atoms with Gasteiger partial charge in [-0.1, -0.05) is 40.9 Å². The number of hydrogen-bond acceptors (Lipinski definition) is 3. The van der Waals surface area contributed by atoms with Crippen molar-refractivity contribution in [2.24, 2.45) is 5.10 Å². The zero-order valence-corrected chi connectivity index (χ0v) is 18.6. The first-order valence-corrected chi connectivity index (χ1v) is 10.2. The average molecular weight is 462 g/mol. The summed E-state index contributed by atoms with van der Waals surface area (Å²) in [5, 5.41) is 5.76. The highest BCUT2D eigenvalue weighted by Gasteiger charge is 2.09. The van der Waals surface area contributed by atoms with Crippen LogP contribution < -0.4 is 10.2 Å². The number of nitrogens with one attached hydrogen (secondary N) is 1. The van der Waals surface area contributed by atoms with E-state index in [4.69, 9.17) is 39.5 Å². The molecule has 3 aromatic carbocycles. The molecule has 0 heterocycles. The number of carbonyl (C=O) groups excluding carboxylic acids is 1. The Morgan fingerprint density at radius 1 is 0.967 bits per heavy atom. The van der Waals surface area contributed by atoms with Crippen molar-refractivity contribution in [3.8, 4) is 5.75 Å². The second kappa shape index (κ2) is 9.98. The smallest absolute Gasteiger partial charge is 0.271 e. The van der Waals surface area contributed by atoms with Gasteiger partial charge in [0.2, 0.25) is 0 Å². The zero-order chi connectivity index (χ0) is 21.7. The van der Waals surface area contributed by atoms with E-state index in [-0.39, 0.29) is 5.91 Å². The number of hydrazone groups is 1. The van der Waals surface area contributed by atoms with Crippen LogP contribution in [-0.2, 0) is 6.61 Å². The molecule has 0 aromatic heterocycles. The van der Waals surface area contributed by atoms with Crippen molar-refractivity contribution in [2.45, 2.75) is 20.5 Å². The van der Waals surface area contributed by atoms with Crippen molar-refractivity contribution in [1.29, 1.82) is 0 Å². The molecule has 0 saturated heterocycles. The van der Waals surface area contributed by atoms with Gasteiger partial charge in [-0.05, 0) is 79.1 Å². The van der Waals surface area contributed by atoms with Crippen LogP contribution in [0.15, 0.2) is 59.7 Å². The predicted molar refractivity (Wildman–Crippen MR) is 123 cm³/mol. The van der Waals surface area contributed by atoms with Crippen LogP contribution in [-0.4, -0.2) is 12.1 Å². The van der Waals surface area contributed by atoms with Gasteiger partial charge in [0.25, 0.3) is 5.91 Å². The second-order valence-electron chi connectivity index (χ2n) is 6.71. The van der Waals surface area contributed by atoms with Gasteiger partial charge in [0.1, 0.15) is 12.4 Å². The minimum atomic E-state index is -0.309. The SMILES string of the molecule is Cc1cc(/C=N\NC(=O)c2ccc(Cl)cc2)cc(C)c1OCc1ccc(Cl)cc1Cl. The third kappa shape index (κ3) is 5.76. The monoisotopic (exact) mass is 460 g/mol. The van der Waals surface area contributed by atoms with Gasteiger partial charge in [-0.2, -0.15) is 5.10 Å². The summed E-state index contributed by atoms with van der Waals surface area (Å²) >= 11 is 18.0. The minimum Gasteiger partial charge on any atom is -0.488 e. The van der Waals surface area contributed by atoms with Crippen molar-refractivity contribution in [1.82, 2.24) is 5.43 Å². The fourth-order valence-electron chi connectivity index (χ4n) is 2.91. The molecule has 3 rings (SSSR count). The highest BCUT2D eigenvalue weighted by Crippen LogP contribution is 2.27. The summed E-state index contributed by atoms with van der Waals surface area (Å²) in [5.74, 6) is 0.472. The highest BCUT2D eigenvalue weighted by molar-refractivity contribution is 6.35. The number of aryl methyl sites for hydroxylation is 2. The van der Waals surface area contributed by atoms with E-state index >= 15 is 0 Å². The first kappa shape index (κ1) is 22.2. The van der Waals surface area contributed by atoms with Crippen LogP contribution in [0.4, 0.5) is 0 Å². The van der Waals surface area contributed by atoms with Gasteiger partial charge >= 0.3 is 0 Å². The maximum Gasteiger partial charge on any atom is 0.271 e. The molecule has 0 bridgehead atoms. The van der Waals surface area contributed by atoms with Gasteiger partial charge in [0, 0.05) is 26.2 Å². The number of halogens is 3. The lowest BCUT2D eigenvalue weighted by atomic mass is 10.1. The van der Waals surface area contributed by atoms with Crippen molar-refractivity contribution in [3.05, 3.63) is 97.5 Å². The van der Waals surface area contributed by atoms with Crippen molar-refractivity contribution in [2.75, 3.05) is 0 Å². The van der Waals surface area contributed by atoms with E-state index < -0.39 is 0 Å². The number of carbonyl (C=O) groups is 1. The Morgan fingerprint density at radius 2 is 1.60 bits per heavy atom. The zero-order valence-electron chi connectivity index (χ0n) is 16.4. The predicted octanol–water partition coefficient (Wildman–Crippen LogP) is 6.61. The molecule has 0 atom stereocenters. The van der Waals surface area contributed by atoms with Crippen LogP contribution in [0, 0.1) is 13.8 Å². The molecule has 0 aliphatic carbocycles. The van der Waals surface area contributed by atoms with Gasteiger partial charge in [0.05, 0.1) is 6.21 Å². The Hall–Kier alpha value is -2.53. The van der Waals surface area contributed by atoms with Gasteiger partial charge in [-0.15, -0.1) is 0 Å². The van der Waals surface area contributed by atoms with Crippen LogP contribution in [0.3, 0.4) is 0 Å². The summed E-state index contributed by atoms with van der Waals surface area (Å²) in [5.41, 5.74) is 6.59. The Labute approximate surface area is 190 Å². The highest BCUT2D eigenvalue weighted by atomic mass is 35.5.